The molecule has 3 aromatic carbocycles. The molecule has 7 heteroatoms. The van der Waals surface area contributed by atoms with Gasteiger partial charge in [-0.2, -0.15) is 0 Å². The zero-order valence-electron chi connectivity index (χ0n) is 32.6. The standard InChI is InChI=1S/C44H62O5Si2/c1-43(2,3)50(8,9)48-33-26-37-39-29-42(49-51(44(4,5)6,34-16-12-10-13-17-34)35-18-14-11-15-19-35)36(38(39)28-41(45)40(37)27-33)24-25-47-30-31-20-22-32(46-7)23-21-31/h10-23,33,36-40,42H,24-30H2,1-9H3/t33-,36+,37-,38-,39-,40+,42+/m0/s1. The van der Waals surface area contributed by atoms with Crippen LogP contribution in [-0.4, -0.2) is 48.3 Å². The molecule has 3 saturated carbocycles. The van der Waals surface area contributed by atoms with Crippen molar-refractivity contribution in [1.82, 2.24) is 0 Å². The van der Waals surface area contributed by atoms with E-state index in [9.17, 15) is 4.79 Å². The first-order valence-corrected chi connectivity index (χ1v) is 24.2. The fraction of sp³-hybridized carbons (Fsp3) is 0.568. The van der Waals surface area contributed by atoms with Crippen LogP contribution in [0.3, 0.4) is 0 Å². The van der Waals surface area contributed by atoms with Gasteiger partial charge in [-0.3, -0.25) is 4.79 Å². The number of hydrogen-bond donors (Lipinski definition) is 0. The second kappa shape index (κ2) is 15.1. The molecule has 0 spiro atoms. The predicted octanol–water partition coefficient (Wildman–Crippen LogP) is 9.19. The van der Waals surface area contributed by atoms with Crippen molar-refractivity contribution >= 4 is 32.8 Å². The van der Waals surface area contributed by atoms with Crippen LogP contribution in [0, 0.1) is 29.6 Å². The molecule has 0 aromatic heterocycles. The lowest BCUT2D eigenvalue weighted by Gasteiger charge is -2.46. The Morgan fingerprint density at radius 1 is 0.706 bits per heavy atom. The second-order valence-electron chi connectivity index (χ2n) is 18.1. The Hall–Kier alpha value is -2.56. The monoisotopic (exact) mass is 726 g/mol. The molecule has 0 aliphatic heterocycles. The molecule has 276 valence electrons. The largest absolute Gasteiger partial charge is 0.497 e. The van der Waals surface area contributed by atoms with Gasteiger partial charge in [0.05, 0.1) is 13.7 Å². The first kappa shape index (κ1) is 38.2. The summed E-state index contributed by atoms with van der Waals surface area (Å²) in [6.45, 7) is 19.9. The number of benzene rings is 3. The fourth-order valence-corrected chi connectivity index (χ4v) is 15.6. The Labute approximate surface area is 310 Å². The number of carbonyl (C=O) groups is 1. The van der Waals surface area contributed by atoms with Crippen LogP contribution in [0.5, 0.6) is 5.75 Å². The van der Waals surface area contributed by atoms with Crippen molar-refractivity contribution in [3.63, 3.8) is 0 Å². The van der Waals surface area contributed by atoms with E-state index < -0.39 is 16.6 Å². The van der Waals surface area contributed by atoms with Crippen molar-refractivity contribution in [3.8, 4) is 5.75 Å². The molecule has 3 fully saturated rings. The van der Waals surface area contributed by atoms with E-state index in [4.69, 9.17) is 18.3 Å². The summed E-state index contributed by atoms with van der Waals surface area (Å²) in [7, 11) is -3.07. The molecule has 0 unspecified atom stereocenters. The van der Waals surface area contributed by atoms with Crippen LogP contribution >= 0.6 is 0 Å². The van der Waals surface area contributed by atoms with E-state index in [2.05, 4.69) is 127 Å². The molecule has 7 atom stereocenters. The van der Waals surface area contributed by atoms with Crippen LogP contribution in [0.15, 0.2) is 84.9 Å². The molecule has 0 N–H and O–H groups in total. The van der Waals surface area contributed by atoms with E-state index >= 15 is 0 Å². The van der Waals surface area contributed by atoms with Crippen LogP contribution in [-0.2, 0) is 25.0 Å². The van der Waals surface area contributed by atoms with Crippen molar-refractivity contribution in [2.75, 3.05) is 13.7 Å². The van der Waals surface area contributed by atoms with E-state index in [0.29, 0.717) is 43.2 Å². The molecule has 0 radical (unpaired) electrons. The summed E-state index contributed by atoms with van der Waals surface area (Å²) in [5.74, 6) is 2.79. The third-order valence-corrected chi connectivity index (χ3v) is 22.7. The molecule has 6 rings (SSSR count). The number of carbonyl (C=O) groups excluding carboxylic acids is 1. The minimum atomic E-state index is -2.80. The van der Waals surface area contributed by atoms with Crippen molar-refractivity contribution in [1.29, 1.82) is 0 Å². The number of ether oxygens (including phenoxy) is 2. The van der Waals surface area contributed by atoms with Crippen LogP contribution in [0.1, 0.15) is 79.2 Å². The maximum absolute atomic E-state index is 14.1. The molecule has 5 nitrogen and oxygen atoms in total. The van der Waals surface area contributed by atoms with Crippen LogP contribution in [0.2, 0.25) is 23.2 Å². The lowest BCUT2D eigenvalue weighted by Crippen LogP contribution is -2.68. The highest BCUT2D eigenvalue weighted by molar-refractivity contribution is 6.99. The number of rotatable bonds is 12. The smallest absolute Gasteiger partial charge is 0.261 e. The van der Waals surface area contributed by atoms with Gasteiger partial charge in [-0.05, 0) is 101 Å². The normalized spacial score (nSPS) is 26.9. The average molecular weight is 727 g/mol. The van der Waals surface area contributed by atoms with Gasteiger partial charge in [-0.25, -0.2) is 0 Å². The van der Waals surface area contributed by atoms with Gasteiger partial charge < -0.3 is 18.3 Å². The minimum Gasteiger partial charge on any atom is -0.497 e. The van der Waals surface area contributed by atoms with Gasteiger partial charge in [-0.15, -0.1) is 0 Å². The van der Waals surface area contributed by atoms with Crippen LogP contribution in [0.4, 0.5) is 0 Å². The van der Waals surface area contributed by atoms with Gasteiger partial charge in [0.1, 0.15) is 11.5 Å². The highest BCUT2D eigenvalue weighted by Crippen LogP contribution is 2.58. The summed E-state index contributed by atoms with van der Waals surface area (Å²) in [6.07, 6.45) is 4.64. The average Bonchev–Trinajstić information content (AvgIpc) is 3.66. The van der Waals surface area contributed by atoms with E-state index in [-0.39, 0.29) is 34.1 Å². The quantitative estimate of drug-likeness (QED) is 0.138. The van der Waals surface area contributed by atoms with Gasteiger partial charge in [0.2, 0.25) is 0 Å². The van der Waals surface area contributed by atoms with Gasteiger partial charge >= 0.3 is 0 Å². The van der Waals surface area contributed by atoms with Crippen molar-refractivity contribution in [3.05, 3.63) is 90.5 Å². The number of Topliss-reactive ketones (excluding diaryl/α,β-unsaturated/α-hetero) is 1. The zero-order chi connectivity index (χ0) is 36.6. The molecular formula is C44H62O5Si2. The Morgan fingerprint density at radius 2 is 1.31 bits per heavy atom. The lowest BCUT2D eigenvalue weighted by atomic mass is 9.67. The van der Waals surface area contributed by atoms with Gasteiger partial charge in [0.15, 0.2) is 8.32 Å². The highest BCUT2D eigenvalue weighted by Gasteiger charge is 2.60. The van der Waals surface area contributed by atoms with E-state index in [1.165, 1.54) is 10.4 Å². The number of fused-ring (bicyclic) bond motifs is 3. The molecule has 51 heavy (non-hydrogen) atoms. The molecule has 0 saturated heterocycles. The highest BCUT2D eigenvalue weighted by atomic mass is 28.4. The van der Waals surface area contributed by atoms with Crippen molar-refractivity contribution in [2.45, 2.75) is 116 Å². The summed E-state index contributed by atoms with van der Waals surface area (Å²) >= 11 is 0. The Bertz CT molecular complexity index is 1550. The Morgan fingerprint density at radius 3 is 1.86 bits per heavy atom. The zero-order valence-corrected chi connectivity index (χ0v) is 34.6. The van der Waals surface area contributed by atoms with Crippen LogP contribution in [0.25, 0.3) is 0 Å². The third kappa shape index (κ3) is 7.75. The third-order valence-electron chi connectivity index (χ3n) is 13.1. The molecule has 3 aliphatic carbocycles. The van der Waals surface area contributed by atoms with E-state index in [0.717, 1.165) is 37.0 Å². The lowest BCUT2D eigenvalue weighted by molar-refractivity contribution is -0.130. The molecule has 0 heterocycles. The van der Waals surface area contributed by atoms with Crippen LogP contribution < -0.4 is 15.1 Å². The van der Waals surface area contributed by atoms with Gasteiger partial charge in [-0.1, -0.05) is 114 Å². The SMILES string of the molecule is COc1ccc(COCC[C@@H]2[C@@H]3CC(=O)[C@@H]4C[C@@H](O[Si](C)(C)C(C)(C)C)C[C@H]4[C@@H]3C[C@H]2O[Si](c2ccccc2)(c2ccccc2)C(C)(C)C)cc1. The van der Waals surface area contributed by atoms with Crippen molar-refractivity contribution < 1.29 is 23.1 Å². The number of methoxy groups -OCH3 is 1. The van der Waals surface area contributed by atoms with Gasteiger partial charge in [0.25, 0.3) is 8.32 Å². The second-order valence-corrected chi connectivity index (χ2v) is 27.2. The summed E-state index contributed by atoms with van der Waals surface area (Å²) in [4.78, 5) is 14.1. The Balaban J connectivity index is 1.31. The Kier molecular flexibility index (Phi) is 11.3. The predicted molar refractivity (Wildman–Crippen MR) is 213 cm³/mol. The van der Waals surface area contributed by atoms with Crippen molar-refractivity contribution in [2.24, 2.45) is 29.6 Å². The maximum atomic E-state index is 14.1. The fourth-order valence-electron chi connectivity index (χ4n) is 9.53. The summed E-state index contributed by atoms with van der Waals surface area (Å²) in [6, 6.07) is 30.2. The van der Waals surface area contributed by atoms with E-state index in [1.807, 2.05) is 12.1 Å². The number of hydrogen-bond acceptors (Lipinski definition) is 5. The summed E-state index contributed by atoms with van der Waals surface area (Å²) < 4.78 is 26.7. The molecular weight excluding hydrogens is 665 g/mol. The maximum Gasteiger partial charge on any atom is 0.261 e. The summed E-state index contributed by atoms with van der Waals surface area (Å²) in [5.41, 5.74) is 1.13. The van der Waals surface area contributed by atoms with Gasteiger partial charge in [0, 0.05) is 31.2 Å². The molecule has 0 amide bonds. The molecule has 3 aromatic rings. The minimum absolute atomic E-state index is 0.0443. The first-order chi connectivity index (χ1) is 24.1. The number of ketones is 1. The molecule has 0 bridgehead atoms. The topological polar surface area (TPSA) is 54.0 Å². The summed E-state index contributed by atoms with van der Waals surface area (Å²) in [5, 5.41) is 2.65. The van der Waals surface area contributed by atoms with E-state index in [1.54, 1.807) is 7.11 Å². The molecule has 3 aliphatic rings. The first-order valence-electron chi connectivity index (χ1n) is 19.3.